The van der Waals surface area contributed by atoms with Gasteiger partial charge in [0.25, 0.3) is 0 Å². The number of imidazole rings is 1. The predicted molar refractivity (Wildman–Crippen MR) is 81.6 cm³/mol. The predicted octanol–water partition coefficient (Wildman–Crippen LogP) is 1.57. The SMILES string of the molecule is Cc1cncn1CCCCCC(=O)N1CCN(C(=O)O)CC1. The molecule has 1 N–H and O–H groups in total. The zero-order valence-corrected chi connectivity index (χ0v) is 13.1. The van der Waals surface area contributed by atoms with Gasteiger partial charge in [-0.15, -0.1) is 0 Å². The molecule has 0 aromatic carbocycles. The number of hydrogen-bond acceptors (Lipinski definition) is 3. The van der Waals surface area contributed by atoms with Crippen molar-refractivity contribution in [2.24, 2.45) is 0 Å². The highest BCUT2D eigenvalue weighted by Crippen LogP contribution is 2.09. The van der Waals surface area contributed by atoms with E-state index in [-0.39, 0.29) is 5.91 Å². The summed E-state index contributed by atoms with van der Waals surface area (Å²) in [7, 11) is 0. The average molecular weight is 308 g/mol. The minimum atomic E-state index is -0.901. The molecule has 7 nitrogen and oxygen atoms in total. The van der Waals surface area contributed by atoms with Gasteiger partial charge in [-0.2, -0.15) is 0 Å². The molecular formula is C15H24N4O3. The highest BCUT2D eigenvalue weighted by Gasteiger charge is 2.23. The quantitative estimate of drug-likeness (QED) is 0.809. The summed E-state index contributed by atoms with van der Waals surface area (Å²) in [6, 6.07) is 0. The van der Waals surface area contributed by atoms with Gasteiger partial charge in [0.2, 0.25) is 5.91 Å². The third kappa shape index (κ3) is 4.47. The Morgan fingerprint density at radius 3 is 2.41 bits per heavy atom. The summed E-state index contributed by atoms with van der Waals surface area (Å²) in [5, 5.41) is 8.88. The van der Waals surface area contributed by atoms with E-state index in [1.807, 2.05) is 19.4 Å². The first-order valence-electron chi connectivity index (χ1n) is 7.80. The summed E-state index contributed by atoms with van der Waals surface area (Å²) < 4.78 is 2.12. The van der Waals surface area contributed by atoms with Gasteiger partial charge in [0, 0.05) is 51.0 Å². The van der Waals surface area contributed by atoms with Crippen LogP contribution in [0.15, 0.2) is 12.5 Å². The van der Waals surface area contributed by atoms with E-state index in [1.54, 1.807) is 4.90 Å². The van der Waals surface area contributed by atoms with E-state index in [0.29, 0.717) is 32.6 Å². The van der Waals surface area contributed by atoms with Crippen LogP contribution >= 0.6 is 0 Å². The molecule has 1 aromatic rings. The van der Waals surface area contributed by atoms with E-state index < -0.39 is 6.09 Å². The van der Waals surface area contributed by atoms with Gasteiger partial charge < -0.3 is 19.5 Å². The molecule has 0 saturated carbocycles. The third-order valence-electron chi connectivity index (χ3n) is 4.11. The molecule has 0 aliphatic carbocycles. The van der Waals surface area contributed by atoms with E-state index in [2.05, 4.69) is 9.55 Å². The van der Waals surface area contributed by atoms with Gasteiger partial charge in [0.15, 0.2) is 0 Å². The molecule has 7 heteroatoms. The first-order valence-corrected chi connectivity index (χ1v) is 7.80. The summed E-state index contributed by atoms with van der Waals surface area (Å²) in [4.78, 5) is 30.1. The highest BCUT2D eigenvalue weighted by molar-refractivity contribution is 5.76. The molecular weight excluding hydrogens is 284 g/mol. The number of amides is 2. The van der Waals surface area contributed by atoms with Gasteiger partial charge in [0.1, 0.15) is 0 Å². The molecule has 1 aliphatic rings. The first-order chi connectivity index (χ1) is 10.6. The van der Waals surface area contributed by atoms with Crippen LogP contribution in [0, 0.1) is 6.92 Å². The van der Waals surface area contributed by atoms with Crippen LogP contribution in [0.1, 0.15) is 31.4 Å². The molecule has 1 fully saturated rings. The number of carbonyl (C=O) groups excluding carboxylic acids is 1. The molecule has 1 aliphatic heterocycles. The Balaban J connectivity index is 1.58. The fourth-order valence-electron chi connectivity index (χ4n) is 2.66. The number of rotatable bonds is 6. The second-order valence-electron chi connectivity index (χ2n) is 5.69. The maximum absolute atomic E-state index is 12.1. The first kappa shape index (κ1) is 16.3. The second kappa shape index (κ2) is 7.82. The maximum Gasteiger partial charge on any atom is 0.407 e. The lowest BCUT2D eigenvalue weighted by molar-refractivity contribution is -0.132. The molecule has 1 aromatic heterocycles. The van der Waals surface area contributed by atoms with Crippen molar-refractivity contribution < 1.29 is 14.7 Å². The third-order valence-corrected chi connectivity index (χ3v) is 4.11. The molecule has 0 atom stereocenters. The molecule has 2 amide bonds. The molecule has 0 unspecified atom stereocenters. The van der Waals surface area contributed by atoms with Gasteiger partial charge in [-0.25, -0.2) is 9.78 Å². The number of carboxylic acid groups (broad SMARTS) is 1. The normalized spacial score (nSPS) is 15.1. The van der Waals surface area contributed by atoms with Crippen LogP contribution in [0.25, 0.3) is 0 Å². The molecule has 22 heavy (non-hydrogen) atoms. The molecule has 0 radical (unpaired) electrons. The Morgan fingerprint density at radius 1 is 1.14 bits per heavy atom. The molecule has 122 valence electrons. The van der Waals surface area contributed by atoms with Crippen LogP contribution in [0.2, 0.25) is 0 Å². The minimum absolute atomic E-state index is 0.142. The zero-order valence-electron chi connectivity index (χ0n) is 13.1. The number of aryl methyl sites for hydroxylation is 2. The van der Waals surface area contributed by atoms with Crippen LogP contribution in [-0.4, -0.2) is 62.6 Å². The van der Waals surface area contributed by atoms with Crippen molar-refractivity contribution in [3.05, 3.63) is 18.2 Å². The van der Waals surface area contributed by atoms with Crippen LogP contribution in [0.4, 0.5) is 4.79 Å². The summed E-state index contributed by atoms with van der Waals surface area (Å²) in [6.45, 7) is 4.84. The minimum Gasteiger partial charge on any atom is -0.465 e. The Kier molecular flexibility index (Phi) is 5.80. The lowest BCUT2D eigenvalue weighted by Crippen LogP contribution is -2.50. The average Bonchev–Trinajstić information content (AvgIpc) is 2.92. The van der Waals surface area contributed by atoms with Crippen LogP contribution in [0.5, 0.6) is 0 Å². The number of nitrogens with zero attached hydrogens (tertiary/aromatic N) is 4. The summed E-state index contributed by atoms with van der Waals surface area (Å²) >= 11 is 0. The van der Waals surface area contributed by atoms with Gasteiger partial charge >= 0.3 is 6.09 Å². The molecule has 0 bridgehead atoms. The van der Waals surface area contributed by atoms with Gasteiger partial charge in [-0.3, -0.25) is 4.79 Å². The fraction of sp³-hybridized carbons (Fsp3) is 0.667. The second-order valence-corrected chi connectivity index (χ2v) is 5.69. The van der Waals surface area contributed by atoms with E-state index in [9.17, 15) is 9.59 Å². The Morgan fingerprint density at radius 2 is 1.82 bits per heavy atom. The monoisotopic (exact) mass is 308 g/mol. The summed E-state index contributed by atoms with van der Waals surface area (Å²) in [5.41, 5.74) is 1.16. The van der Waals surface area contributed by atoms with Crippen molar-refractivity contribution in [1.82, 2.24) is 19.4 Å². The highest BCUT2D eigenvalue weighted by atomic mass is 16.4. The Bertz CT molecular complexity index is 507. The van der Waals surface area contributed by atoms with Crippen molar-refractivity contribution in [1.29, 1.82) is 0 Å². The Hall–Kier alpha value is -2.05. The van der Waals surface area contributed by atoms with Crippen molar-refractivity contribution >= 4 is 12.0 Å². The number of carbonyl (C=O) groups is 2. The number of aromatic nitrogens is 2. The number of piperazine rings is 1. The molecule has 2 heterocycles. The van der Waals surface area contributed by atoms with Crippen molar-refractivity contribution in [2.45, 2.75) is 39.2 Å². The lowest BCUT2D eigenvalue weighted by Gasteiger charge is -2.33. The van der Waals surface area contributed by atoms with E-state index in [1.165, 1.54) is 4.90 Å². The maximum atomic E-state index is 12.1. The number of hydrogen-bond donors (Lipinski definition) is 1. The van der Waals surface area contributed by atoms with Crippen molar-refractivity contribution in [3.63, 3.8) is 0 Å². The topological polar surface area (TPSA) is 78.7 Å². The van der Waals surface area contributed by atoms with Crippen LogP contribution in [0.3, 0.4) is 0 Å². The van der Waals surface area contributed by atoms with Gasteiger partial charge in [-0.05, 0) is 19.8 Å². The van der Waals surface area contributed by atoms with Gasteiger partial charge in [0.05, 0.1) is 6.33 Å². The summed E-state index contributed by atoms with van der Waals surface area (Å²) in [6.07, 6.45) is 6.27. The van der Waals surface area contributed by atoms with E-state index >= 15 is 0 Å². The zero-order chi connectivity index (χ0) is 15.9. The van der Waals surface area contributed by atoms with E-state index in [4.69, 9.17) is 5.11 Å². The lowest BCUT2D eigenvalue weighted by atomic mass is 10.1. The van der Waals surface area contributed by atoms with Crippen molar-refractivity contribution in [3.8, 4) is 0 Å². The smallest absolute Gasteiger partial charge is 0.407 e. The van der Waals surface area contributed by atoms with Crippen molar-refractivity contribution in [2.75, 3.05) is 26.2 Å². The molecule has 1 saturated heterocycles. The number of unbranched alkanes of at least 4 members (excludes halogenated alkanes) is 2. The Labute approximate surface area is 130 Å². The largest absolute Gasteiger partial charge is 0.465 e. The fourth-order valence-corrected chi connectivity index (χ4v) is 2.66. The van der Waals surface area contributed by atoms with E-state index in [0.717, 1.165) is 31.5 Å². The van der Waals surface area contributed by atoms with Crippen LogP contribution < -0.4 is 0 Å². The van der Waals surface area contributed by atoms with Gasteiger partial charge in [-0.1, -0.05) is 6.42 Å². The summed E-state index contributed by atoms with van der Waals surface area (Å²) in [5.74, 6) is 0.142. The molecule has 2 rings (SSSR count). The van der Waals surface area contributed by atoms with Crippen LogP contribution in [-0.2, 0) is 11.3 Å². The standard InChI is InChI=1S/C15H24N4O3/c1-13-11-16-12-19(13)6-4-2-3-5-14(20)17-7-9-18(10-8-17)15(21)22/h11-12H,2-10H2,1H3,(H,21,22). The molecule has 0 spiro atoms.